The third-order valence-electron chi connectivity index (χ3n) is 6.09. The highest BCUT2D eigenvalue weighted by atomic mass is 16.4. The number of carboxylic acid groups (broad SMARTS) is 1. The van der Waals surface area contributed by atoms with E-state index in [0.717, 1.165) is 43.1 Å². The van der Waals surface area contributed by atoms with E-state index in [0.29, 0.717) is 12.0 Å². The van der Waals surface area contributed by atoms with E-state index < -0.39 is 11.9 Å². The number of hydrogen-bond acceptors (Lipinski definition) is 2. The third kappa shape index (κ3) is 2.81. The van der Waals surface area contributed by atoms with Gasteiger partial charge >= 0.3 is 5.97 Å². The maximum Gasteiger partial charge on any atom is 0.308 e. The lowest BCUT2D eigenvalue weighted by Gasteiger charge is -2.34. The minimum Gasteiger partial charge on any atom is -0.481 e. The molecule has 2 saturated carbocycles. The van der Waals surface area contributed by atoms with Gasteiger partial charge < -0.3 is 15.0 Å². The maximum atomic E-state index is 12.9. The second-order valence-corrected chi connectivity index (χ2v) is 7.61. The Bertz CT molecular complexity index is 835. The van der Waals surface area contributed by atoms with Crippen LogP contribution in [0.15, 0.2) is 30.5 Å². The summed E-state index contributed by atoms with van der Waals surface area (Å²) in [5, 5.41) is 13.6. The first-order chi connectivity index (χ1) is 12.0. The Kier molecular flexibility index (Phi) is 3.82. The Hall–Kier alpha value is -2.30. The number of para-hydroxylation sites is 1. The van der Waals surface area contributed by atoms with Crippen molar-refractivity contribution in [3.63, 3.8) is 0 Å². The van der Waals surface area contributed by atoms with Gasteiger partial charge in [-0.3, -0.25) is 9.59 Å². The van der Waals surface area contributed by atoms with Gasteiger partial charge in [-0.1, -0.05) is 18.2 Å². The molecule has 2 fully saturated rings. The van der Waals surface area contributed by atoms with Crippen molar-refractivity contribution in [1.29, 1.82) is 0 Å². The summed E-state index contributed by atoms with van der Waals surface area (Å²) in [6.07, 6.45) is 6.64. The molecule has 0 radical (unpaired) electrons. The van der Waals surface area contributed by atoms with Gasteiger partial charge in [-0.2, -0.15) is 0 Å². The lowest BCUT2D eigenvalue weighted by Crippen LogP contribution is -2.47. The summed E-state index contributed by atoms with van der Waals surface area (Å²) in [5.74, 6) is -1.42. The lowest BCUT2D eigenvalue weighted by molar-refractivity contribution is -0.144. The third-order valence-corrected chi connectivity index (χ3v) is 6.09. The molecule has 0 saturated heterocycles. The monoisotopic (exact) mass is 340 g/mol. The molecule has 2 aliphatic carbocycles. The number of nitrogens with zero attached hydrogens (tertiary/aromatic N) is 1. The van der Waals surface area contributed by atoms with Gasteiger partial charge in [0.15, 0.2) is 0 Å². The Morgan fingerprint density at radius 3 is 2.72 bits per heavy atom. The molecule has 2 aliphatic rings. The Morgan fingerprint density at radius 2 is 2.04 bits per heavy atom. The molecule has 5 nitrogen and oxygen atoms in total. The van der Waals surface area contributed by atoms with Crippen LogP contribution in [-0.2, 0) is 11.3 Å². The quantitative estimate of drug-likeness (QED) is 0.896. The number of aliphatic carboxylic acids is 1. The number of aryl methyl sites for hydroxylation is 1. The van der Waals surface area contributed by atoms with E-state index in [1.807, 2.05) is 37.4 Å². The van der Waals surface area contributed by atoms with Crippen LogP contribution < -0.4 is 5.32 Å². The summed E-state index contributed by atoms with van der Waals surface area (Å²) in [7, 11) is 0. The molecule has 1 aromatic carbocycles. The van der Waals surface area contributed by atoms with Crippen LogP contribution in [0.4, 0.5) is 0 Å². The van der Waals surface area contributed by atoms with Gasteiger partial charge in [0, 0.05) is 29.7 Å². The van der Waals surface area contributed by atoms with Crippen LogP contribution in [0.5, 0.6) is 0 Å². The molecule has 0 bridgehead atoms. The summed E-state index contributed by atoms with van der Waals surface area (Å²) >= 11 is 0. The van der Waals surface area contributed by atoms with Crippen molar-refractivity contribution in [3.8, 4) is 0 Å². The van der Waals surface area contributed by atoms with Gasteiger partial charge in [0.2, 0.25) is 0 Å². The van der Waals surface area contributed by atoms with E-state index in [1.165, 1.54) is 0 Å². The van der Waals surface area contributed by atoms with E-state index in [-0.39, 0.29) is 17.4 Å². The number of hydrogen-bond donors (Lipinski definition) is 2. The highest BCUT2D eigenvalue weighted by Gasteiger charge is 2.50. The number of carbonyl (C=O) groups excluding carboxylic acids is 1. The van der Waals surface area contributed by atoms with Gasteiger partial charge in [0.25, 0.3) is 5.91 Å². The molecule has 0 unspecified atom stereocenters. The number of benzene rings is 1. The zero-order valence-corrected chi connectivity index (χ0v) is 14.5. The minimum absolute atomic E-state index is 0.161. The summed E-state index contributed by atoms with van der Waals surface area (Å²) in [4.78, 5) is 24.6. The van der Waals surface area contributed by atoms with Crippen molar-refractivity contribution in [2.75, 3.05) is 0 Å². The molecular weight excluding hydrogens is 316 g/mol. The van der Waals surface area contributed by atoms with E-state index in [4.69, 9.17) is 0 Å². The first-order valence-electron chi connectivity index (χ1n) is 9.14. The maximum absolute atomic E-state index is 12.9. The van der Waals surface area contributed by atoms with Crippen LogP contribution in [-0.4, -0.2) is 27.6 Å². The Balaban J connectivity index is 1.58. The molecule has 1 spiro atoms. The van der Waals surface area contributed by atoms with Gasteiger partial charge in [-0.15, -0.1) is 0 Å². The summed E-state index contributed by atoms with van der Waals surface area (Å²) < 4.78 is 2.05. The zero-order valence-electron chi connectivity index (χ0n) is 14.5. The van der Waals surface area contributed by atoms with Crippen LogP contribution >= 0.6 is 0 Å². The van der Waals surface area contributed by atoms with Crippen molar-refractivity contribution in [2.45, 2.75) is 51.6 Å². The van der Waals surface area contributed by atoms with Crippen molar-refractivity contribution < 1.29 is 14.7 Å². The van der Waals surface area contributed by atoms with Crippen LogP contribution in [0, 0.1) is 11.3 Å². The second kappa shape index (κ2) is 5.90. The fraction of sp³-hybridized carbons (Fsp3) is 0.500. The fourth-order valence-electron chi connectivity index (χ4n) is 4.37. The standard InChI is InChI=1S/C20H24N2O3/c1-2-22-12-15(13-5-3-4-6-17(13)22)18(23)21-16-7-8-20(9-10-20)11-14(16)19(24)25/h3-6,12,14,16H,2,7-11H2,1H3,(H,21,23)(H,24,25)/t14-,16+/m0/s1. The van der Waals surface area contributed by atoms with Crippen LogP contribution in [0.2, 0.25) is 0 Å². The molecular formula is C20H24N2O3. The topological polar surface area (TPSA) is 71.3 Å². The molecule has 1 amide bonds. The van der Waals surface area contributed by atoms with Crippen LogP contribution in [0.1, 0.15) is 49.4 Å². The zero-order chi connectivity index (χ0) is 17.6. The highest BCUT2D eigenvalue weighted by Crippen LogP contribution is 2.57. The summed E-state index contributed by atoms with van der Waals surface area (Å²) in [5.41, 5.74) is 1.92. The van der Waals surface area contributed by atoms with E-state index in [2.05, 4.69) is 9.88 Å². The van der Waals surface area contributed by atoms with Gasteiger partial charge in [0.05, 0.1) is 11.5 Å². The fourth-order valence-corrected chi connectivity index (χ4v) is 4.37. The van der Waals surface area contributed by atoms with Crippen molar-refractivity contribution in [1.82, 2.24) is 9.88 Å². The predicted molar refractivity (Wildman–Crippen MR) is 95.5 cm³/mol. The molecule has 2 N–H and O–H groups in total. The van der Waals surface area contributed by atoms with Gasteiger partial charge in [-0.25, -0.2) is 0 Å². The van der Waals surface area contributed by atoms with Crippen LogP contribution in [0.25, 0.3) is 10.9 Å². The number of nitrogens with one attached hydrogen (secondary N) is 1. The molecule has 25 heavy (non-hydrogen) atoms. The number of amides is 1. The number of aromatic nitrogens is 1. The van der Waals surface area contributed by atoms with Crippen molar-refractivity contribution >= 4 is 22.8 Å². The van der Waals surface area contributed by atoms with Gasteiger partial charge in [0.1, 0.15) is 0 Å². The molecule has 5 heteroatoms. The molecule has 2 aromatic rings. The van der Waals surface area contributed by atoms with E-state index in [9.17, 15) is 14.7 Å². The second-order valence-electron chi connectivity index (χ2n) is 7.61. The SMILES string of the molecule is CCn1cc(C(=O)N[C@@H]2CCC3(CC3)C[C@@H]2C(=O)O)c2ccccc21. The largest absolute Gasteiger partial charge is 0.481 e. The Labute approximate surface area is 147 Å². The van der Waals surface area contributed by atoms with Crippen molar-refractivity contribution in [2.24, 2.45) is 11.3 Å². The molecule has 132 valence electrons. The predicted octanol–water partition coefficient (Wildman–Crippen LogP) is 3.42. The average molecular weight is 340 g/mol. The van der Waals surface area contributed by atoms with Crippen molar-refractivity contribution in [3.05, 3.63) is 36.0 Å². The Morgan fingerprint density at radius 1 is 1.28 bits per heavy atom. The van der Waals surface area contributed by atoms with Crippen LogP contribution in [0.3, 0.4) is 0 Å². The summed E-state index contributed by atoms with van der Waals surface area (Å²) in [6.45, 7) is 2.84. The highest BCUT2D eigenvalue weighted by molar-refractivity contribution is 6.07. The average Bonchev–Trinajstić information content (AvgIpc) is 3.25. The normalized spacial score (nSPS) is 24.4. The lowest BCUT2D eigenvalue weighted by atomic mass is 9.75. The number of fused-ring (bicyclic) bond motifs is 1. The minimum atomic E-state index is -0.785. The molecule has 4 rings (SSSR count). The van der Waals surface area contributed by atoms with E-state index >= 15 is 0 Å². The molecule has 1 heterocycles. The number of carbonyl (C=O) groups is 2. The van der Waals surface area contributed by atoms with Gasteiger partial charge in [-0.05, 0) is 50.5 Å². The molecule has 1 aromatic heterocycles. The first kappa shape index (κ1) is 16.2. The molecule has 0 aliphatic heterocycles. The van der Waals surface area contributed by atoms with E-state index in [1.54, 1.807) is 0 Å². The number of rotatable bonds is 4. The molecule has 2 atom stereocenters. The smallest absolute Gasteiger partial charge is 0.308 e. The first-order valence-corrected chi connectivity index (χ1v) is 9.14. The summed E-state index contributed by atoms with van der Waals surface area (Å²) in [6, 6.07) is 7.57. The number of carboxylic acids is 1.